The molecule has 180 valence electrons. The number of alkyl halides is 2. The van der Waals surface area contributed by atoms with Crippen molar-refractivity contribution in [3.8, 4) is 22.2 Å². The molecular formula is C24H22F2N6O2S. The predicted octanol–water partition coefficient (Wildman–Crippen LogP) is 6.80. The summed E-state index contributed by atoms with van der Waals surface area (Å²) >= 11 is 1.58. The molecule has 2 amide bonds. The topological polar surface area (TPSA) is 101 Å². The van der Waals surface area contributed by atoms with Crippen LogP contribution in [0.1, 0.15) is 25.3 Å². The fraction of sp³-hybridized carbons (Fsp3) is 0.167. The Labute approximate surface area is 204 Å². The number of carbonyl (C=O) groups is 1. The molecule has 0 bridgehead atoms. The molecule has 4 rings (SSSR count). The third-order valence-electron chi connectivity index (χ3n) is 4.66. The van der Waals surface area contributed by atoms with E-state index in [0.29, 0.717) is 11.4 Å². The number of anilines is 3. The number of hydrogen-bond donors (Lipinski definition) is 3. The second-order valence-electron chi connectivity index (χ2n) is 7.34. The van der Waals surface area contributed by atoms with Gasteiger partial charge in [0.25, 0.3) is 6.43 Å². The minimum atomic E-state index is -2.62. The number of amides is 2. The molecule has 11 heteroatoms. The Bertz CT molecular complexity index is 1270. The highest BCUT2D eigenvalue weighted by Gasteiger charge is 2.10. The zero-order valence-electron chi connectivity index (χ0n) is 18.7. The fourth-order valence-electron chi connectivity index (χ4n) is 2.99. The van der Waals surface area contributed by atoms with Crippen LogP contribution in [-0.4, -0.2) is 27.5 Å². The van der Waals surface area contributed by atoms with Crippen molar-refractivity contribution in [1.82, 2.24) is 15.0 Å². The van der Waals surface area contributed by atoms with Crippen molar-refractivity contribution in [2.24, 2.45) is 0 Å². The fourth-order valence-corrected chi connectivity index (χ4v) is 3.84. The molecule has 0 radical (unpaired) electrons. The molecule has 8 nitrogen and oxygen atoms in total. The van der Waals surface area contributed by atoms with Crippen LogP contribution in [0, 0.1) is 0 Å². The summed E-state index contributed by atoms with van der Waals surface area (Å²) in [4.78, 5) is 25.7. The summed E-state index contributed by atoms with van der Waals surface area (Å²) in [6.45, 7) is 2.99. The molecule has 2 aromatic heterocycles. The van der Waals surface area contributed by atoms with Gasteiger partial charge in [-0.3, -0.25) is 0 Å². The Balaban J connectivity index is 1.31. The molecule has 2 aromatic carbocycles. The maximum absolute atomic E-state index is 12.8. The van der Waals surface area contributed by atoms with E-state index in [1.165, 1.54) is 36.7 Å². The van der Waals surface area contributed by atoms with Gasteiger partial charge in [-0.25, -0.2) is 28.5 Å². The molecular weight excluding hydrogens is 474 g/mol. The summed E-state index contributed by atoms with van der Waals surface area (Å²) in [6, 6.07) is 12.4. The number of halogens is 2. The van der Waals surface area contributed by atoms with Crippen LogP contribution in [0.3, 0.4) is 0 Å². The quantitative estimate of drug-likeness (QED) is 0.236. The molecule has 0 fully saturated rings. The van der Waals surface area contributed by atoms with E-state index in [1.807, 2.05) is 30.5 Å². The van der Waals surface area contributed by atoms with Crippen molar-refractivity contribution in [1.29, 1.82) is 0 Å². The summed E-state index contributed by atoms with van der Waals surface area (Å²) in [5.74, 6) is 0.556. The minimum absolute atomic E-state index is 0.109. The SMILES string of the molecule is CCCNc1ncc(-c2ccc(Oc3ncc(NC(=O)Nc4cccc(C(F)F)c4)cn3)cc2)s1. The number of rotatable bonds is 9. The molecule has 0 aliphatic carbocycles. The number of urea groups is 1. The van der Waals surface area contributed by atoms with Gasteiger partial charge in [0, 0.05) is 24.0 Å². The molecule has 0 unspecified atom stereocenters. The Kier molecular flexibility index (Phi) is 7.78. The number of aromatic nitrogens is 3. The maximum Gasteiger partial charge on any atom is 0.323 e. The van der Waals surface area contributed by atoms with Gasteiger partial charge in [-0.05, 0) is 48.4 Å². The van der Waals surface area contributed by atoms with Gasteiger partial charge in [0.2, 0.25) is 0 Å². The van der Waals surface area contributed by atoms with Crippen LogP contribution in [0.4, 0.5) is 30.1 Å². The van der Waals surface area contributed by atoms with E-state index in [-0.39, 0.29) is 17.3 Å². The molecule has 2 heterocycles. The van der Waals surface area contributed by atoms with E-state index in [9.17, 15) is 13.6 Å². The first kappa shape index (κ1) is 24.0. The lowest BCUT2D eigenvalue weighted by atomic mass is 10.2. The van der Waals surface area contributed by atoms with E-state index in [2.05, 4.69) is 37.8 Å². The summed E-state index contributed by atoms with van der Waals surface area (Å²) in [7, 11) is 0. The van der Waals surface area contributed by atoms with Crippen molar-refractivity contribution < 1.29 is 18.3 Å². The Morgan fingerprint density at radius 2 is 1.74 bits per heavy atom. The molecule has 4 aromatic rings. The Hall–Kier alpha value is -4.12. The standard InChI is InChI=1S/C24H22F2N6O2S/c1-2-10-27-24-30-14-20(35-24)15-6-8-19(9-7-15)34-23-28-12-18(13-29-23)32-22(33)31-17-5-3-4-16(11-17)21(25)26/h3-9,11-14,21H,2,10H2,1H3,(H,27,30)(H2,31,32,33). The number of benzene rings is 2. The first-order valence-corrected chi connectivity index (χ1v) is 11.6. The van der Waals surface area contributed by atoms with Gasteiger partial charge in [-0.2, -0.15) is 0 Å². The third-order valence-corrected chi connectivity index (χ3v) is 5.67. The predicted molar refractivity (Wildman–Crippen MR) is 132 cm³/mol. The molecule has 35 heavy (non-hydrogen) atoms. The normalized spacial score (nSPS) is 10.7. The molecule has 3 N–H and O–H groups in total. The van der Waals surface area contributed by atoms with Crippen LogP contribution >= 0.6 is 11.3 Å². The lowest BCUT2D eigenvalue weighted by molar-refractivity contribution is 0.151. The summed E-state index contributed by atoms with van der Waals surface area (Å²) in [5, 5.41) is 9.20. The van der Waals surface area contributed by atoms with Crippen molar-refractivity contribution in [2.45, 2.75) is 19.8 Å². The summed E-state index contributed by atoms with van der Waals surface area (Å²) in [6.07, 6.45) is 3.01. The van der Waals surface area contributed by atoms with Crippen LogP contribution in [0.5, 0.6) is 11.8 Å². The van der Waals surface area contributed by atoms with E-state index in [1.54, 1.807) is 11.3 Å². The number of nitrogens with zero attached hydrogens (tertiary/aromatic N) is 3. The highest BCUT2D eigenvalue weighted by atomic mass is 32.1. The third kappa shape index (κ3) is 6.70. The maximum atomic E-state index is 12.8. The molecule has 0 atom stereocenters. The lowest BCUT2D eigenvalue weighted by Gasteiger charge is -2.09. The zero-order chi connectivity index (χ0) is 24.6. The van der Waals surface area contributed by atoms with E-state index in [4.69, 9.17) is 4.74 Å². The van der Waals surface area contributed by atoms with E-state index < -0.39 is 12.5 Å². The molecule has 0 spiro atoms. The number of ether oxygens (including phenoxy) is 1. The summed E-state index contributed by atoms with van der Waals surface area (Å²) < 4.78 is 31.3. The highest BCUT2D eigenvalue weighted by Crippen LogP contribution is 2.31. The summed E-state index contributed by atoms with van der Waals surface area (Å²) in [5.41, 5.74) is 1.40. The number of hydrogen-bond acceptors (Lipinski definition) is 7. The first-order valence-electron chi connectivity index (χ1n) is 10.8. The second-order valence-corrected chi connectivity index (χ2v) is 8.37. The first-order chi connectivity index (χ1) is 17.0. The molecule has 0 saturated heterocycles. The second kappa shape index (κ2) is 11.3. The van der Waals surface area contributed by atoms with Crippen LogP contribution in [-0.2, 0) is 0 Å². The minimum Gasteiger partial charge on any atom is -0.424 e. The number of nitrogens with one attached hydrogen (secondary N) is 3. The van der Waals surface area contributed by atoms with Gasteiger partial charge < -0.3 is 20.7 Å². The van der Waals surface area contributed by atoms with Gasteiger partial charge in [0.15, 0.2) is 5.13 Å². The average Bonchev–Trinajstić information content (AvgIpc) is 3.33. The van der Waals surface area contributed by atoms with Gasteiger partial charge in [-0.15, -0.1) is 0 Å². The van der Waals surface area contributed by atoms with Crippen molar-refractivity contribution >= 4 is 33.9 Å². The van der Waals surface area contributed by atoms with Gasteiger partial charge in [0.1, 0.15) is 5.75 Å². The van der Waals surface area contributed by atoms with Gasteiger partial charge >= 0.3 is 12.0 Å². The zero-order valence-corrected chi connectivity index (χ0v) is 19.5. The highest BCUT2D eigenvalue weighted by molar-refractivity contribution is 7.18. The molecule has 0 saturated carbocycles. The van der Waals surface area contributed by atoms with Crippen molar-refractivity contribution in [3.63, 3.8) is 0 Å². The number of thiazole rings is 1. The number of carbonyl (C=O) groups excluding carboxylic acids is 1. The Morgan fingerprint density at radius 3 is 2.46 bits per heavy atom. The smallest absolute Gasteiger partial charge is 0.323 e. The molecule has 0 aliphatic heterocycles. The van der Waals surface area contributed by atoms with Crippen molar-refractivity contribution in [2.75, 3.05) is 22.5 Å². The largest absolute Gasteiger partial charge is 0.424 e. The van der Waals surface area contributed by atoms with E-state index in [0.717, 1.165) is 28.5 Å². The van der Waals surface area contributed by atoms with Crippen LogP contribution < -0.4 is 20.7 Å². The van der Waals surface area contributed by atoms with Crippen LogP contribution in [0.15, 0.2) is 67.1 Å². The average molecular weight is 497 g/mol. The molecule has 0 aliphatic rings. The van der Waals surface area contributed by atoms with E-state index >= 15 is 0 Å². The van der Waals surface area contributed by atoms with Crippen LogP contribution in [0.2, 0.25) is 0 Å². The van der Waals surface area contributed by atoms with Gasteiger partial charge in [-0.1, -0.05) is 30.4 Å². The monoisotopic (exact) mass is 496 g/mol. The lowest BCUT2D eigenvalue weighted by Crippen LogP contribution is -2.19. The van der Waals surface area contributed by atoms with Gasteiger partial charge in [0.05, 0.1) is 23.0 Å². The van der Waals surface area contributed by atoms with Crippen molar-refractivity contribution in [3.05, 3.63) is 72.7 Å². The van der Waals surface area contributed by atoms with Crippen LogP contribution in [0.25, 0.3) is 10.4 Å². The Morgan fingerprint density at radius 1 is 1.00 bits per heavy atom.